The van der Waals surface area contributed by atoms with E-state index in [0.717, 1.165) is 0 Å². The van der Waals surface area contributed by atoms with Gasteiger partial charge in [0.25, 0.3) is 0 Å². The van der Waals surface area contributed by atoms with Crippen molar-refractivity contribution in [2.75, 3.05) is 5.32 Å². The minimum Gasteiger partial charge on any atom is -0.480 e. The third-order valence-corrected chi connectivity index (χ3v) is 2.50. The number of aromatic nitrogens is 2. The third kappa shape index (κ3) is 3.84. The Morgan fingerprint density at radius 1 is 1.59 bits per heavy atom. The summed E-state index contributed by atoms with van der Waals surface area (Å²) in [5.41, 5.74) is 0. The Morgan fingerprint density at radius 3 is 2.65 bits per heavy atom. The fourth-order valence-corrected chi connectivity index (χ4v) is 1.73. The molecule has 0 aliphatic rings. The van der Waals surface area contributed by atoms with Crippen LogP contribution in [0.1, 0.15) is 25.6 Å². The van der Waals surface area contributed by atoms with E-state index in [2.05, 4.69) is 14.7 Å². The molecular formula is C8H10F3N3O2S. The van der Waals surface area contributed by atoms with Crippen LogP contribution in [0.4, 0.5) is 18.3 Å². The number of hydrogen-bond donors (Lipinski definition) is 2. The van der Waals surface area contributed by atoms with Gasteiger partial charge in [0.1, 0.15) is 6.04 Å². The first-order chi connectivity index (χ1) is 7.84. The quantitative estimate of drug-likeness (QED) is 0.857. The Kier molecular flexibility index (Phi) is 4.27. The first-order valence-electron chi connectivity index (χ1n) is 4.74. The van der Waals surface area contributed by atoms with Gasteiger partial charge in [0.15, 0.2) is 0 Å². The van der Waals surface area contributed by atoms with Gasteiger partial charge in [-0.05, 0) is 6.42 Å². The molecule has 1 unspecified atom stereocenters. The number of carboxylic acid groups (broad SMARTS) is 1. The van der Waals surface area contributed by atoms with Crippen molar-refractivity contribution in [2.45, 2.75) is 32.0 Å². The van der Waals surface area contributed by atoms with Gasteiger partial charge in [0.2, 0.25) is 11.0 Å². The first kappa shape index (κ1) is 13.7. The summed E-state index contributed by atoms with van der Waals surface area (Å²) in [6, 6.07) is -0.950. The molecule has 17 heavy (non-hydrogen) atoms. The van der Waals surface area contributed by atoms with Crippen LogP contribution in [0.2, 0.25) is 0 Å². The van der Waals surface area contributed by atoms with E-state index >= 15 is 0 Å². The van der Waals surface area contributed by atoms with Crippen molar-refractivity contribution in [3.63, 3.8) is 0 Å². The maximum absolute atomic E-state index is 12.2. The fraction of sp³-hybridized carbons (Fsp3) is 0.625. The lowest BCUT2D eigenvalue weighted by Gasteiger charge is -2.11. The summed E-state index contributed by atoms with van der Waals surface area (Å²) >= 11 is 0.492. The zero-order valence-corrected chi connectivity index (χ0v) is 9.60. The van der Waals surface area contributed by atoms with E-state index in [1.807, 2.05) is 0 Å². The summed E-state index contributed by atoms with van der Waals surface area (Å²) in [4.78, 5) is 14.0. The van der Waals surface area contributed by atoms with E-state index < -0.39 is 24.0 Å². The summed E-state index contributed by atoms with van der Waals surface area (Å²) < 4.78 is 39.7. The van der Waals surface area contributed by atoms with Gasteiger partial charge in [0.05, 0.1) is 0 Å². The van der Waals surface area contributed by atoms with Gasteiger partial charge in [-0.1, -0.05) is 13.3 Å². The molecule has 0 amide bonds. The Bertz CT molecular complexity index is 394. The van der Waals surface area contributed by atoms with Crippen LogP contribution < -0.4 is 5.32 Å². The average molecular weight is 269 g/mol. The van der Waals surface area contributed by atoms with Gasteiger partial charge in [0, 0.05) is 11.5 Å². The number of nitrogens with one attached hydrogen (secondary N) is 1. The zero-order valence-electron chi connectivity index (χ0n) is 8.78. The molecule has 1 atom stereocenters. The maximum atomic E-state index is 12.2. The van der Waals surface area contributed by atoms with Crippen molar-refractivity contribution in [3.8, 4) is 0 Å². The number of hydrogen-bond acceptors (Lipinski definition) is 5. The van der Waals surface area contributed by atoms with E-state index in [1.165, 1.54) is 0 Å². The SMILES string of the molecule is CCCC(Nc1nc(C(F)(F)F)ns1)C(=O)O. The lowest BCUT2D eigenvalue weighted by molar-refractivity contribution is -0.144. The highest BCUT2D eigenvalue weighted by Gasteiger charge is 2.36. The maximum Gasteiger partial charge on any atom is 0.452 e. The monoisotopic (exact) mass is 269 g/mol. The van der Waals surface area contributed by atoms with Crippen LogP contribution in [0.25, 0.3) is 0 Å². The minimum absolute atomic E-state index is 0.141. The first-order valence-corrected chi connectivity index (χ1v) is 5.52. The average Bonchev–Trinajstić information content (AvgIpc) is 2.64. The van der Waals surface area contributed by atoms with E-state index in [1.54, 1.807) is 6.92 Å². The van der Waals surface area contributed by atoms with Gasteiger partial charge in [-0.25, -0.2) is 4.79 Å². The number of carbonyl (C=O) groups is 1. The number of anilines is 1. The number of alkyl halides is 3. The van der Waals surface area contributed by atoms with Gasteiger partial charge in [-0.15, -0.1) is 0 Å². The summed E-state index contributed by atoms with van der Waals surface area (Å²) in [6.07, 6.45) is -3.72. The summed E-state index contributed by atoms with van der Waals surface area (Å²) in [7, 11) is 0. The Balaban J connectivity index is 2.74. The van der Waals surface area contributed by atoms with Gasteiger partial charge < -0.3 is 10.4 Å². The van der Waals surface area contributed by atoms with Crippen molar-refractivity contribution in [3.05, 3.63) is 5.82 Å². The number of carboxylic acids is 1. The molecule has 0 fully saturated rings. The topological polar surface area (TPSA) is 75.1 Å². The lowest BCUT2D eigenvalue weighted by Crippen LogP contribution is -2.28. The molecule has 0 spiro atoms. The molecule has 2 N–H and O–H groups in total. The molecule has 1 aromatic heterocycles. The van der Waals surface area contributed by atoms with Gasteiger partial charge >= 0.3 is 12.1 Å². The molecule has 0 saturated heterocycles. The molecule has 9 heteroatoms. The zero-order chi connectivity index (χ0) is 13.1. The van der Waals surface area contributed by atoms with Crippen molar-refractivity contribution >= 4 is 22.6 Å². The fourth-order valence-electron chi connectivity index (χ4n) is 1.09. The van der Waals surface area contributed by atoms with Crippen LogP contribution in [0.3, 0.4) is 0 Å². The van der Waals surface area contributed by atoms with Crippen molar-refractivity contribution in [2.24, 2.45) is 0 Å². The van der Waals surface area contributed by atoms with Gasteiger partial charge in [-0.3, -0.25) is 0 Å². The van der Waals surface area contributed by atoms with Crippen LogP contribution in [-0.4, -0.2) is 26.5 Å². The highest BCUT2D eigenvalue weighted by molar-refractivity contribution is 7.09. The number of halogens is 3. The number of nitrogens with zero attached hydrogens (tertiary/aromatic N) is 2. The highest BCUT2D eigenvalue weighted by atomic mass is 32.1. The summed E-state index contributed by atoms with van der Waals surface area (Å²) in [5, 5.41) is 11.1. The molecule has 0 aliphatic heterocycles. The molecule has 1 aromatic rings. The van der Waals surface area contributed by atoms with Crippen molar-refractivity contribution in [1.82, 2.24) is 9.36 Å². The third-order valence-electron chi connectivity index (χ3n) is 1.85. The van der Waals surface area contributed by atoms with Crippen molar-refractivity contribution < 1.29 is 23.1 Å². The predicted octanol–water partition coefficient (Wildman–Crippen LogP) is 2.22. The molecule has 1 heterocycles. The van der Waals surface area contributed by atoms with Crippen LogP contribution in [-0.2, 0) is 11.0 Å². The van der Waals surface area contributed by atoms with Crippen LogP contribution in [0.5, 0.6) is 0 Å². The molecular weight excluding hydrogens is 259 g/mol. The number of rotatable bonds is 5. The standard InChI is InChI=1S/C8H10F3N3O2S/c1-2-3-4(5(15)16)12-7-13-6(14-17-7)8(9,10)11/h4H,2-3H2,1H3,(H,15,16)(H,12,13,14). The molecule has 0 saturated carbocycles. The largest absolute Gasteiger partial charge is 0.480 e. The van der Waals surface area contributed by atoms with E-state index in [0.29, 0.717) is 24.4 Å². The number of aliphatic carboxylic acids is 1. The Labute approximate surface area is 98.8 Å². The molecule has 96 valence electrons. The second kappa shape index (κ2) is 5.30. The van der Waals surface area contributed by atoms with Gasteiger partial charge in [-0.2, -0.15) is 22.5 Å². The summed E-state index contributed by atoms with van der Waals surface area (Å²) in [6.45, 7) is 1.78. The molecule has 1 rings (SSSR count). The van der Waals surface area contributed by atoms with Crippen LogP contribution >= 0.6 is 11.5 Å². The van der Waals surface area contributed by atoms with Crippen molar-refractivity contribution in [1.29, 1.82) is 0 Å². The van der Waals surface area contributed by atoms with E-state index in [4.69, 9.17) is 5.11 Å². The van der Waals surface area contributed by atoms with E-state index in [9.17, 15) is 18.0 Å². The summed E-state index contributed by atoms with van der Waals surface area (Å²) in [5.74, 6) is -2.39. The predicted molar refractivity (Wildman–Crippen MR) is 54.9 cm³/mol. The second-order valence-corrected chi connectivity index (χ2v) is 4.00. The molecule has 0 radical (unpaired) electrons. The molecule has 0 aromatic carbocycles. The smallest absolute Gasteiger partial charge is 0.452 e. The lowest BCUT2D eigenvalue weighted by atomic mass is 10.2. The Morgan fingerprint density at radius 2 is 2.24 bits per heavy atom. The molecule has 5 nitrogen and oxygen atoms in total. The molecule has 0 bridgehead atoms. The second-order valence-electron chi connectivity index (χ2n) is 3.24. The molecule has 0 aliphatic carbocycles. The highest BCUT2D eigenvalue weighted by Crippen LogP contribution is 2.29. The normalized spacial score (nSPS) is 13.4. The van der Waals surface area contributed by atoms with Crippen LogP contribution in [0.15, 0.2) is 0 Å². The Hall–Kier alpha value is -1.38. The minimum atomic E-state index is -4.61. The van der Waals surface area contributed by atoms with E-state index in [-0.39, 0.29) is 5.13 Å². The van der Waals surface area contributed by atoms with Crippen LogP contribution in [0, 0.1) is 0 Å².